The Bertz CT molecular complexity index is 667. The minimum atomic E-state index is -0.910. The number of nitrogens with one attached hydrogen (secondary N) is 1. The molecule has 1 amide bonds. The lowest BCUT2D eigenvalue weighted by atomic mass is 9.99. The molecule has 0 saturated carbocycles. The molecule has 2 N–H and O–H groups in total. The molecule has 0 bridgehead atoms. The number of hydrogen-bond donors (Lipinski definition) is 2. The Labute approximate surface area is 151 Å². The first-order valence-corrected chi connectivity index (χ1v) is 9.25. The van der Waals surface area contributed by atoms with Gasteiger partial charge in [-0.05, 0) is 59.9 Å². The van der Waals surface area contributed by atoms with Gasteiger partial charge in [0.05, 0.1) is 12.5 Å². The molecule has 6 heteroatoms. The molecule has 25 heavy (non-hydrogen) atoms. The van der Waals surface area contributed by atoms with Gasteiger partial charge in [-0.25, -0.2) is 0 Å². The number of carbonyl (C=O) groups excluding carboxylic acids is 1. The van der Waals surface area contributed by atoms with Crippen molar-refractivity contribution in [3.8, 4) is 5.75 Å². The molecule has 1 aromatic heterocycles. The average molecular weight is 361 g/mol. The minimum Gasteiger partial charge on any atom is -0.494 e. The topological polar surface area (TPSA) is 75.6 Å². The van der Waals surface area contributed by atoms with Gasteiger partial charge in [0.2, 0.25) is 5.91 Å². The van der Waals surface area contributed by atoms with Crippen LogP contribution in [0, 0.1) is 5.92 Å². The number of carbonyl (C=O) groups is 2. The first kappa shape index (κ1) is 19.0. The van der Waals surface area contributed by atoms with Crippen LogP contribution in [0.1, 0.15) is 24.5 Å². The number of rotatable bonds is 10. The first-order valence-electron chi connectivity index (χ1n) is 8.30. The fourth-order valence-electron chi connectivity index (χ4n) is 2.44. The molecule has 0 aliphatic carbocycles. The fraction of sp³-hybridized carbons (Fsp3) is 0.368. The van der Waals surface area contributed by atoms with Crippen molar-refractivity contribution >= 4 is 23.2 Å². The van der Waals surface area contributed by atoms with E-state index in [2.05, 4.69) is 5.32 Å². The van der Waals surface area contributed by atoms with Gasteiger partial charge in [0, 0.05) is 13.0 Å². The van der Waals surface area contributed by atoms with Crippen LogP contribution in [-0.4, -0.2) is 30.1 Å². The quantitative estimate of drug-likeness (QED) is 0.682. The highest BCUT2D eigenvalue weighted by Crippen LogP contribution is 2.15. The second-order valence-electron chi connectivity index (χ2n) is 5.75. The number of carboxylic acids is 1. The van der Waals surface area contributed by atoms with E-state index in [-0.39, 0.29) is 12.5 Å². The van der Waals surface area contributed by atoms with Crippen LogP contribution in [0.4, 0.5) is 0 Å². The first-order chi connectivity index (χ1) is 12.1. The minimum absolute atomic E-state index is 0.121. The number of benzene rings is 1. The summed E-state index contributed by atoms with van der Waals surface area (Å²) in [5.74, 6) is -0.918. The molecule has 5 nitrogen and oxygen atoms in total. The summed E-state index contributed by atoms with van der Waals surface area (Å²) in [5, 5.41) is 16.1. The molecule has 2 rings (SSSR count). The molecule has 1 aromatic carbocycles. The van der Waals surface area contributed by atoms with E-state index in [1.165, 1.54) is 0 Å². The van der Waals surface area contributed by atoms with E-state index in [1.54, 1.807) is 11.3 Å². The Balaban J connectivity index is 1.81. The third kappa shape index (κ3) is 6.58. The van der Waals surface area contributed by atoms with Gasteiger partial charge in [0.1, 0.15) is 5.75 Å². The van der Waals surface area contributed by atoms with Gasteiger partial charge in [-0.2, -0.15) is 11.3 Å². The highest BCUT2D eigenvalue weighted by molar-refractivity contribution is 7.07. The summed E-state index contributed by atoms with van der Waals surface area (Å²) in [4.78, 5) is 23.4. The molecule has 1 atom stereocenters. The van der Waals surface area contributed by atoms with E-state index in [1.807, 2.05) is 48.0 Å². The number of aliphatic carboxylic acids is 1. The second kappa shape index (κ2) is 9.84. The van der Waals surface area contributed by atoms with Crippen molar-refractivity contribution in [3.63, 3.8) is 0 Å². The molecular weight excluding hydrogens is 338 g/mol. The summed E-state index contributed by atoms with van der Waals surface area (Å²) in [7, 11) is 0. The molecule has 134 valence electrons. The van der Waals surface area contributed by atoms with Crippen LogP contribution < -0.4 is 10.1 Å². The van der Waals surface area contributed by atoms with E-state index < -0.39 is 11.9 Å². The monoisotopic (exact) mass is 361 g/mol. The molecule has 0 spiro atoms. The van der Waals surface area contributed by atoms with Gasteiger partial charge in [0.25, 0.3) is 0 Å². The van der Waals surface area contributed by atoms with E-state index in [9.17, 15) is 14.7 Å². The lowest BCUT2D eigenvalue weighted by Gasteiger charge is -2.14. The summed E-state index contributed by atoms with van der Waals surface area (Å²) >= 11 is 1.60. The van der Waals surface area contributed by atoms with E-state index in [0.717, 1.165) is 16.9 Å². The Morgan fingerprint density at radius 1 is 1.20 bits per heavy atom. The van der Waals surface area contributed by atoms with E-state index >= 15 is 0 Å². The zero-order chi connectivity index (χ0) is 18.1. The molecule has 1 heterocycles. The highest BCUT2D eigenvalue weighted by atomic mass is 32.1. The van der Waals surface area contributed by atoms with Crippen molar-refractivity contribution in [1.82, 2.24) is 5.32 Å². The summed E-state index contributed by atoms with van der Waals surface area (Å²) in [6.07, 6.45) is 1.41. The van der Waals surface area contributed by atoms with Crippen molar-refractivity contribution < 1.29 is 19.4 Å². The standard InChI is InChI=1S/C19H23NO4S/c1-2-24-17-6-3-14(4-7-17)11-16(19(22)23)12-20-18(21)8-5-15-9-10-25-13-15/h3-4,6-7,9-10,13,16H,2,5,8,11-12H2,1H3,(H,20,21)(H,22,23). The van der Waals surface area contributed by atoms with Crippen LogP contribution >= 0.6 is 11.3 Å². The lowest BCUT2D eigenvalue weighted by Crippen LogP contribution is -2.34. The fourth-order valence-corrected chi connectivity index (χ4v) is 3.14. The van der Waals surface area contributed by atoms with Crippen LogP contribution in [0.15, 0.2) is 41.1 Å². The molecule has 0 radical (unpaired) electrons. The number of amides is 1. The van der Waals surface area contributed by atoms with Gasteiger partial charge in [-0.3, -0.25) is 9.59 Å². The highest BCUT2D eigenvalue weighted by Gasteiger charge is 2.19. The van der Waals surface area contributed by atoms with E-state index in [4.69, 9.17) is 4.74 Å². The summed E-state index contributed by atoms with van der Waals surface area (Å²) < 4.78 is 5.38. The number of thiophene rings is 1. The third-order valence-electron chi connectivity index (χ3n) is 3.83. The summed E-state index contributed by atoms with van der Waals surface area (Å²) in [5.41, 5.74) is 2.03. The largest absolute Gasteiger partial charge is 0.494 e. The van der Waals surface area contributed by atoms with Crippen LogP contribution in [0.5, 0.6) is 5.75 Å². The Morgan fingerprint density at radius 3 is 2.56 bits per heavy atom. The maximum Gasteiger partial charge on any atom is 0.308 e. The van der Waals surface area contributed by atoms with Crippen molar-refractivity contribution in [2.24, 2.45) is 5.92 Å². The zero-order valence-electron chi connectivity index (χ0n) is 14.2. The van der Waals surface area contributed by atoms with E-state index in [0.29, 0.717) is 25.9 Å². The number of ether oxygens (including phenoxy) is 1. The van der Waals surface area contributed by atoms with Gasteiger partial charge in [0.15, 0.2) is 0 Å². The van der Waals surface area contributed by atoms with Crippen LogP contribution in [0.3, 0.4) is 0 Å². The summed E-state index contributed by atoms with van der Waals surface area (Å²) in [6, 6.07) is 9.37. The van der Waals surface area contributed by atoms with Crippen LogP contribution in [0.2, 0.25) is 0 Å². The molecular formula is C19H23NO4S. The predicted molar refractivity (Wildman–Crippen MR) is 98.1 cm³/mol. The lowest BCUT2D eigenvalue weighted by molar-refractivity contribution is -0.141. The maximum atomic E-state index is 11.9. The smallest absolute Gasteiger partial charge is 0.308 e. The van der Waals surface area contributed by atoms with Crippen LogP contribution in [0.25, 0.3) is 0 Å². The van der Waals surface area contributed by atoms with Crippen molar-refractivity contribution in [1.29, 1.82) is 0 Å². The molecule has 0 fully saturated rings. The Hall–Kier alpha value is -2.34. The Kier molecular flexibility index (Phi) is 7.47. The van der Waals surface area contributed by atoms with Gasteiger partial charge in [-0.15, -0.1) is 0 Å². The van der Waals surface area contributed by atoms with Gasteiger partial charge < -0.3 is 15.2 Å². The zero-order valence-corrected chi connectivity index (χ0v) is 15.1. The molecule has 1 unspecified atom stereocenters. The number of hydrogen-bond acceptors (Lipinski definition) is 4. The van der Waals surface area contributed by atoms with Gasteiger partial charge in [-0.1, -0.05) is 12.1 Å². The normalized spacial score (nSPS) is 11.7. The summed E-state index contributed by atoms with van der Waals surface area (Å²) in [6.45, 7) is 2.63. The molecule has 0 aliphatic rings. The molecule has 0 saturated heterocycles. The maximum absolute atomic E-state index is 11.9. The number of aryl methyl sites for hydroxylation is 1. The van der Waals surface area contributed by atoms with Crippen molar-refractivity contribution in [3.05, 3.63) is 52.2 Å². The molecule has 2 aromatic rings. The average Bonchev–Trinajstić information content (AvgIpc) is 3.11. The third-order valence-corrected chi connectivity index (χ3v) is 4.56. The van der Waals surface area contributed by atoms with Gasteiger partial charge >= 0.3 is 5.97 Å². The second-order valence-corrected chi connectivity index (χ2v) is 6.53. The van der Waals surface area contributed by atoms with Crippen LogP contribution in [-0.2, 0) is 22.4 Å². The van der Waals surface area contributed by atoms with Crippen molar-refractivity contribution in [2.45, 2.75) is 26.2 Å². The molecule has 0 aliphatic heterocycles. The number of carboxylic acid groups (broad SMARTS) is 1. The SMILES string of the molecule is CCOc1ccc(CC(CNC(=O)CCc2ccsc2)C(=O)O)cc1. The predicted octanol–water partition coefficient (Wildman–Crippen LogP) is 3.14. The van der Waals surface area contributed by atoms with Crippen molar-refractivity contribution in [2.75, 3.05) is 13.2 Å². The Morgan fingerprint density at radius 2 is 1.96 bits per heavy atom.